The van der Waals surface area contributed by atoms with Crippen molar-refractivity contribution in [1.29, 1.82) is 0 Å². The second kappa shape index (κ2) is 5.07. The van der Waals surface area contributed by atoms with Crippen LogP contribution in [0.3, 0.4) is 0 Å². The number of rotatable bonds is 3. The fraction of sp³-hybridized carbons (Fsp3) is 0.667. The van der Waals surface area contributed by atoms with Crippen molar-refractivity contribution < 1.29 is 14.6 Å². The van der Waals surface area contributed by atoms with Gasteiger partial charge in [-0.2, -0.15) is 5.10 Å². The zero-order valence-electron chi connectivity index (χ0n) is 10.9. The van der Waals surface area contributed by atoms with Gasteiger partial charge in [0.25, 0.3) is 0 Å². The molecule has 2 rings (SSSR count). The van der Waals surface area contributed by atoms with Crippen LogP contribution in [0.2, 0.25) is 0 Å². The Morgan fingerprint density at radius 1 is 1.61 bits per heavy atom. The Labute approximate surface area is 106 Å². The Balaban J connectivity index is 2.04. The number of likely N-dealkylation sites (tertiary alicyclic amines) is 1. The molecule has 3 atom stereocenters. The van der Waals surface area contributed by atoms with E-state index in [2.05, 4.69) is 5.10 Å². The second-order valence-electron chi connectivity index (χ2n) is 4.75. The van der Waals surface area contributed by atoms with E-state index in [4.69, 9.17) is 4.74 Å². The zero-order valence-corrected chi connectivity index (χ0v) is 10.9. The molecule has 1 N–H and O–H groups in total. The van der Waals surface area contributed by atoms with Crippen LogP contribution in [0.1, 0.15) is 18.4 Å². The fourth-order valence-electron chi connectivity index (χ4n) is 2.25. The highest BCUT2D eigenvalue weighted by Crippen LogP contribution is 2.21. The highest BCUT2D eigenvalue weighted by molar-refractivity contribution is 5.83. The average Bonchev–Trinajstić information content (AvgIpc) is 2.93. The molecule has 1 aromatic rings. The molecule has 18 heavy (non-hydrogen) atoms. The Morgan fingerprint density at radius 3 is 2.83 bits per heavy atom. The van der Waals surface area contributed by atoms with Gasteiger partial charge in [0.2, 0.25) is 5.91 Å². The van der Waals surface area contributed by atoms with Crippen LogP contribution in [-0.4, -0.2) is 58.1 Å². The molecule has 0 aromatic carbocycles. The smallest absolute Gasteiger partial charge is 0.230 e. The van der Waals surface area contributed by atoms with Gasteiger partial charge in [0.05, 0.1) is 18.2 Å². The number of β-amino-alcohol motifs (C(OH)–C–C–N with tert-alkyl or cyclic N) is 1. The zero-order chi connectivity index (χ0) is 13.3. The molecule has 1 aliphatic rings. The molecule has 6 nitrogen and oxygen atoms in total. The minimum Gasteiger partial charge on any atom is -0.388 e. The average molecular weight is 253 g/mol. The van der Waals surface area contributed by atoms with Crippen LogP contribution in [0.15, 0.2) is 12.4 Å². The summed E-state index contributed by atoms with van der Waals surface area (Å²) in [6, 6.07) is 0. The molecule has 0 aliphatic carbocycles. The Hall–Kier alpha value is -1.40. The third kappa shape index (κ3) is 2.39. The molecule has 1 aliphatic heterocycles. The van der Waals surface area contributed by atoms with Crippen LogP contribution in [0.5, 0.6) is 0 Å². The summed E-state index contributed by atoms with van der Waals surface area (Å²) >= 11 is 0. The van der Waals surface area contributed by atoms with Gasteiger partial charge in [-0.15, -0.1) is 0 Å². The van der Waals surface area contributed by atoms with Crippen LogP contribution in [0, 0.1) is 0 Å². The summed E-state index contributed by atoms with van der Waals surface area (Å²) < 4.78 is 6.81. The number of carbonyl (C=O) groups is 1. The van der Waals surface area contributed by atoms with Gasteiger partial charge in [0.1, 0.15) is 6.10 Å². The van der Waals surface area contributed by atoms with E-state index in [-0.39, 0.29) is 17.9 Å². The third-order valence-electron chi connectivity index (χ3n) is 3.45. The first-order valence-corrected chi connectivity index (χ1v) is 6.01. The monoisotopic (exact) mass is 253 g/mol. The molecule has 2 heterocycles. The lowest BCUT2D eigenvalue weighted by molar-refractivity contribution is -0.132. The molecule has 100 valence electrons. The predicted molar refractivity (Wildman–Crippen MR) is 65.0 cm³/mol. The number of hydrogen-bond donors (Lipinski definition) is 1. The predicted octanol–water partition coefficient (Wildman–Crippen LogP) is -0.258. The van der Waals surface area contributed by atoms with Crippen LogP contribution in [0.25, 0.3) is 0 Å². The summed E-state index contributed by atoms with van der Waals surface area (Å²) in [6.45, 7) is 2.63. The van der Waals surface area contributed by atoms with E-state index in [9.17, 15) is 9.90 Å². The molecular formula is C12H19N3O3. The first-order valence-electron chi connectivity index (χ1n) is 6.01. The van der Waals surface area contributed by atoms with Crippen molar-refractivity contribution in [3.63, 3.8) is 0 Å². The summed E-state index contributed by atoms with van der Waals surface area (Å²) in [6.07, 6.45) is 2.65. The third-order valence-corrected chi connectivity index (χ3v) is 3.45. The summed E-state index contributed by atoms with van der Waals surface area (Å²) in [4.78, 5) is 13.9. The molecule has 1 saturated heterocycles. The van der Waals surface area contributed by atoms with Crippen molar-refractivity contribution in [2.45, 2.75) is 25.0 Å². The van der Waals surface area contributed by atoms with Gasteiger partial charge in [0.15, 0.2) is 0 Å². The van der Waals surface area contributed by atoms with Crippen LogP contribution in [-0.2, 0) is 16.6 Å². The van der Waals surface area contributed by atoms with Gasteiger partial charge >= 0.3 is 0 Å². The SMILES string of the molecule is CO[C@@H]1CN(C(=O)C(C)c2cnn(C)c2)C[C@H]1O. The molecule has 1 fully saturated rings. The standard InChI is InChI=1S/C12H19N3O3/c1-8(9-4-13-14(2)5-9)12(17)15-6-10(16)11(7-15)18-3/h4-5,8,10-11,16H,6-7H2,1-3H3/t8?,10-,11-/m1/s1. The molecule has 0 saturated carbocycles. The van der Waals surface area contributed by atoms with Crippen molar-refractivity contribution in [2.75, 3.05) is 20.2 Å². The fourth-order valence-corrected chi connectivity index (χ4v) is 2.25. The van der Waals surface area contributed by atoms with E-state index in [0.29, 0.717) is 13.1 Å². The topological polar surface area (TPSA) is 67.6 Å². The van der Waals surface area contributed by atoms with Crippen molar-refractivity contribution in [1.82, 2.24) is 14.7 Å². The van der Waals surface area contributed by atoms with E-state index in [1.54, 1.807) is 22.9 Å². The Bertz CT molecular complexity index is 432. The van der Waals surface area contributed by atoms with Crippen molar-refractivity contribution in [3.8, 4) is 0 Å². The van der Waals surface area contributed by atoms with E-state index >= 15 is 0 Å². The number of hydrogen-bond acceptors (Lipinski definition) is 4. The molecule has 1 amide bonds. The first-order chi connectivity index (χ1) is 8.52. The van der Waals surface area contributed by atoms with E-state index in [1.807, 2.05) is 20.2 Å². The van der Waals surface area contributed by atoms with Crippen LogP contribution >= 0.6 is 0 Å². The number of amides is 1. The number of aryl methyl sites for hydroxylation is 1. The minimum absolute atomic E-state index is 0.00148. The highest BCUT2D eigenvalue weighted by atomic mass is 16.5. The summed E-state index contributed by atoms with van der Waals surface area (Å²) in [7, 11) is 3.37. The maximum atomic E-state index is 12.3. The molecule has 0 bridgehead atoms. The van der Waals surface area contributed by atoms with Gasteiger partial charge in [0, 0.05) is 39.0 Å². The van der Waals surface area contributed by atoms with Gasteiger partial charge in [-0.3, -0.25) is 9.48 Å². The summed E-state index contributed by atoms with van der Waals surface area (Å²) in [5.41, 5.74) is 0.887. The number of ether oxygens (including phenoxy) is 1. The summed E-state index contributed by atoms with van der Waals surface area (Å²) in [5.74, 6) is -0.247. The number of methoxy groups -OCH3 is 1. The Morgan fingerprint density at radius 2 is 2.33 bits per heavy atom. The molecule has 1 aromatic heterocycles. The second-order valence-corrected chi connectivity index (χ2v) is 4.75. The largest absolute Gasteiger partial charge is 0.388 e. The maximum Gasteiger partial charge on any atom is 0.230 e. The van der Waals surface area contributed by atoms with Crippen molar-refractivity contribution >= 4 is 5.91 Å². The lowest BCUT2D eigenvalue weighted by Crippen LogP contribution is -2.33. The van der Waals surface area contributed by atoms with Gasteiger partial charge in [-0.05, 0) is 6.92 Å². The first kappa shape index (κ1) is 13.0. The molecule has 0 radical (unpaired) electrons. The van der Waals surface area contributed by atoms with E-state index < -0.39 is 6.10 Å². The van der Waals surface area contributed by atoms with Gasteiger partial charge in [-0.25, -0.2) is 0 Å². The van der Waals surface area contributed by atoms with Gasteiger partial charge < -0.3 is 14.7 Å². The highest BCUT2D eigenvalue weighted by Gasteiger charge is 2.36. The number of aliphatic hydroxyl groups is 1. The van der Waals surface area contributed by atoms with E-state index in [0.717, 1.165) is 5.56 Å². The van der Waals surface area contributed by atoms with E-state index in [1.165, 1.54) is 0 Å². The van der Waals surface area contributed by atoms with Gasteiger partial charge in [-0.1, -0.05) is 0 Å². The lowest BCUT2D eigenvalue weighted by Gasteiger charge is -2.19. The van der Waals surface area contributed by atoms with Crippen LogP contribution in [0.4, 0.5) is 0 Å². The molecular weight excluding hydrogens is 234 g/mol. The quantitative estimate of drug-likeness (QED) is 0.806. The van der Waals surface area contributed by atoms with Crippen molar-refractivity contribution in [2.24, 2.45) is 7.05 Å². The number of nitrogens with zero attached hydrogens (tertiary/aromatic N) is 3. The normalized spacial score (nSPS) is 25.4. The molecule has 0 spiro atoms. The number of aromatic nitrogens is 2. The maximum absolute atomic E-state index is 12.3. The van der Waals surface area contributed by atoms with Crippen LogP contribution < -0.4 is 0 Å². The Kier molecular flexibility index (Phi) is 3.68. The summed E-state index contributed by atoms with van der Waals surface area (Å²) in [5, 5.41) is 13.8. The lowest BCUT2D eigenvalue weighted by atomic mass is 10.0. The molecule has 6 heteroatoms. The number of aliphatic hydroxyl groups excluding tert-OH is 1. The minimum atomic E-state index is -0.597. The number of carbonyl (C=O) groups excluding carboxylic acids is 1. The van der Waals surface area contributed by atoms with Crippen molar-refractivity contribution in [3.05, 3.63) is 18.0 Å². The molecule has 1 unspecified atom stereocenters.